The second kappa shape index (κ2) is 7.18. The number of likely N-dealkylation sites (tertiary alicyclic amines) is 1. The van der Waals surface area contributed by atoms with Crippen LogP contribution < -0.4 is 5.32 Å². The standard InChI is InChI=1S/C20H21N3O/c1-15-9-11-23(12-10-15)20(24)17(13-21)14-22-19-8-4-6-16-5-2-3-7-18(16)19/h2-8,14-15,22H,9-12H2,1H3/b17-14-. The Hall–Kier alpha value is -2.80. The first kappa shape index (κ1) is 16.1. The van der Waals surface area contributed by atoms with Crippen molar-refractivity contribution in [3.8, 4) is 6.07 Å². The Morgan fingerprint density at radius 1 is 1.21 bits per heavy atom. The SMILES string of the molecule is CC1CCN(C(=O)/C(C#N)=C\Nc2cccc3ccccc23)CC1. The number of nitriles is 1. The zero-order valence-corrected chi connectivity index (χ0v) is 13.8. The van der Waals surface area contributed by atoms with Gasteiger partial charge in [0.05, 0.1) is 0 Å². The van der Waals surface area contributed by atoms with Crippen LogP contribution >= 0.6 is 0 Å². The molecule has 122 valence electrons. The van der Waals surface area contributed by atoms with E-state index in [1.165, 1.54) is 6.20 Å². The van der Waals surface area contributed by atoms with E-state index in [4.69, 9.17) is 0 Å². The Kier molecular flexibility index (Phi) is 4.81. The molecular formula is C20H21N3O. The number of carbonyl (C=O) groups excluding carboxylic acids is 1. The normalized spacial score (nSPS) is 16.0. The van der Waals surface area contributed by atoms with Gasteiger partial charge in [-0.15, -0.1) is 0 Å². The molecule has 3 rings (SSSR count). The summed E-state index contributed by atoms with van der Waals surface area (Å²) >= 11 is 0. The van der Waals surface area contributed by atoms with Gasteiger partial charge in [-0.2, -0.15) is 5.26 Å². The van der Waals surface area contributed by atoms with Crippen molar-refractivity contribution >= 4 is 22.4 Å². The van der Waals surface area contributed by atoms with Crippen molar-refractivity contribution in [1.82, 2.24) is 4.90 Å². The van der Waals surface area contributed by atoms with E-state index in [1.54, 1.807) is 4.90 Å². The molecule has 0 unspecified atom stereocenters. The van der Waals surface area contributed by atoms with Crippen molar-refractivity contribution in [1.29, 1.82) is 5.26 Å². The Bertz CT molecular complexity index is 806. The molecule has 4 heteroatoms. The maximum Gasteiger partial charge on any atom is 0.266 e. The minimum atomic E-state index is -0.183. The number of amides is 1. The highest BCUT2D eigenvalue weighted by molar-refractivity contribution is 5.99. The smallest absolute Gasteiger partial charge is 0.266 e. The summed E-state index contributed by atoms with van der Waals surface area (Å²) < 4.78 is 0. The molecule has 1 aliphatic rings. The lowest BCUT2D eigenvalue weighted by atomic mass is 9.99. The van der Waals surface area contributed by atoms with Crippen molar-refractivity contribution in [2.24, 2.45) is 5.92 Å². The number of nitrogens with one attached hydrogen (secondary N) is 1. The lowest BCUT2D eigenvalue weighted by Crippen LogP contribution is -2.38. The Balaban J connectivity index is 1.78. The Labute approximate surface area is 142 Å². The monoisotopic (exact) mass is 319 g/mol. The summed E-state index contributed by atoms with van der Waals surface area (Å²) in [5.74, 6) is 0.467. The van der Waals surface area contributed by atoms with E-state index in [9.17, 15) is 10.1 Å². The summed E-state index contributed by atoms with van der Waals surface area (Å²) in [5.41, 5.74) is 1.04. The molecule has 1 N–H and O–H groups in total. The van der Waals surface area contributed by atoms with Crippen LogP contribution in [-0.2, 0) is 4.79 Å². The molecule has 2 aromatic carbocycles. The number of rotatable bonds is 3. The molecule has 0 spiro atoms. The second-order valence-corrected chi connectivity index (χ2v) is 6.32. The fraction of sp³-hybridized carbons (Fsp3) is 0.300. The predicted molar refractivity (Wildman–Crippen MR) is 96.2 cm³/mol. The average molecular weight is 319 g/mol. The molecule has 1 heterocycles. The first-order valence-electron chi connectivity index (χ1n) is 8.33. The molecule has 0 aromatic heterocycles. The van der Waals surface area contributed by atoms with E-state index in [-0.39, 0.29) is 11.5 Å². The van der Waals surface area contributed by atoms with Gasteiger partial charge in [0.25, 0.3) is 5.91 Å². The van der Waals surface area contributed by atoms with E-state index in [1.807, 2.05) is 48.5 Å². The average Bonchev–Trinajstić information content (AvgIpc) is 2.62. The molecule has 1 fully saturated rings. The van der Waals surface area contributed by atoms with Crippen LogP contribution in [0.15, 0.2) is 54.2 Å². The number of carbonyl (C=O) groups is 1. The fourth-order valence-corrected chi connectivity index (χ4v) is 3.03. The van der Waals surface area contributed by atoms with Crippen molar-refractivity contribution < 1.29 is 4.79 Å². The lowest BCUT2D eigenvalue weighted by molar-refractivity contribution is -0.128. The summed E-state index contributed by atoms with van der Waals surface area (Å²) in [6, 6.07) is 16.0. The summed E-state index contributed by atoms with van der Waals surface area (Å²) in [5, 5.41) is 14.7. The molecule has 2 aromatic rings. The number of benzene rings is 2. The van der Waals surface area contributed by atoms with Gasteiger partial charge < -0.3 is 10.2 Å². The quantitative estimate of drug-likeness (QED) is 0.689. The first-order valence-corrected chi connectivity index (χ1v) is 8.33. The molecule has 1 saturated heterocycles. The highest BCUT2D eigenvalue weighted by Crippen LogP contribution is 2.23. The minimum Gasteiger partial charge on any atom is -0.360 e. The summed E-state index contributed by atoms with van der Waals surface area (Å²) in [6.07, 6.45) is 3.53. The molecule has 0 aliphatic carbocycles. The van der Waals surface area contributed by atoms with E-state index in [2.05, 4.69) is 12.2 Å². The first-order chi connectivity index (χ1) is 11.7. The molecule has 0 saturated carbocycles. The summed E-state index contributed by atoms with van der Waals surface area (Å²) in [6.45, 7) is 3.66. The highest BCUT2D eigenvalue weighted by atomic mass is 16.2. The van der Waals surface area contributed by atoms with Crippen LogP contribution in [0.5, 0.6) is 0 Å². The minimum absolute atomic E-state index is 0.150. The third kappa shape index (κ3) is 3.41. The van der Waals surface area contributed by atoms with Gasteiger partial charge in [0.1, 0.15) is 11.6 Å². The topological polar surface area (TPSA) is 56.1 Å². The van der Waals surface area contributed by atoms with Crippen molar-refractivity contribution in [3.63, 3.8) is 0 Å². The molecule has 0 radical (unpaired) electrons. The van der Waals surface area contributed by atoms with Crippen molar-refractivity contribution in [2.45, 2.75) is 19.8 Å². The van der Waals surface area contributed by atoms with Crippen LogP contribution in [0.3, 0.4) is 0 Å². The second-order valence-electron chi connectivity index (χ2n) is 6.32. The number of piperidine rings is 1. The van der Waals surface area contributed by atoms with Gasteiger partial charge in [0.15, 0.2) is 0 Å². The molecule has 24 heavy (non-hydrogen) atoms. The molecule has 0 atom stereocenters. The number of anilines is 1. The largest absolute Gasteiger partial charge is 0.360 e. The maximum atomic E-state index is 12.5. The van der Waals surface area contributed by atoms with Gasteiger partial charge >= 0.3 is 0 Å². The van der Waals surface area contributed by atoms with E-state index >= 15 is 0 Å². The van der Waals surface area contributed by atoms with E-state index in [0.717, 1.165) is 42.4 Å². The third-order valence-corrected chi connectivity index (χ3v) is 4.58. The van der Waals surface area contributed by atoms with Crippen LogP contribution in [0.2, 0.25) is 0 Å². The molecule has 1 amide bonds. The molecule has 4 nitrogen and oxygen atoms in total. The van der Waals surface area contributed by atoms with Crippen molar-refractivity contribution in [2.75, 3.05) is 18.4 Å². The van der Waals surface area contributed by atoms with Gasteiger partial charge in [-0.3, -0.25) is 4.79 Å². The summed E-state index contributed by atoms with van der Waals surface area (Å²) in [7, 11) is 0. The maximum absolute atomic E-state index is 12.5. The van der Waals surface area contributed by atoms with Gasteiger partial charge in [0, 0.05) is 30.4 Å². The van der Waals surface area contributed by atoms with Gasteiger partial charge in [-0.25, -0.2) is 0 Å². The highest BCUT2D eigenvalue weighted by Gasteiger charge is 2.22. The number of hydrogen-bond acceptors (Lipinski definition) is 3. The number of hydrogen-bond donors (Lipinski definition) is 1. The zero-order chi connectivity index (χ0) is 16.9. The molecule has 1 aliphatic heterocycles. The fourth-order valence-electron chi connectivity index (χ4n) is 3.03. The van der Waals surface area contributed by atoms with Crippen molar-refractivity contribution in [3.05, 3.63) is 54.2 Å². The summed E-state index contributed by atoms with van der Waals surface area (Å²) in [4.78, 5) is 14.3. The lowest BCUT2D eigenvalue weighted by Gasteiger charge is -2.30. The zero-order valence-electron chi connectivity index (χ0n) is 13.8. The Morgan fingerprint density at radius 2 is 1.92 bits per heavy atom. The van der Waals surface area contributed by atoms with Gasteiger partial charge in [-0.1, -0.05) is 43.3 Å². The van der Waals surface area contributed by atoms with Crippen LogP contribution in [0.4, 0.5) is 5.69 Å². The number of nitrogens with zero attached hydrogens (tertiary/aromatic N) is 2. The van der Waals surface area contributed by atoms with Crippen LogP contribution in [0, 0.1) is 17.2 Å². The van der Waals surface area contributed by atoms with Crippen LogP contribution in [-0.4, -0.2) is 23.9 Å². The van der Waals surface area contributed by atoms with Crippen LogP contribution in [0.25, 0.3) is 10.8 Å². The van der Waals surface area contributed by atoms with E-state index < -0.39 is 0 Å². The van der Waals surface area contributed by atoms with E-state index in [0.29, 0.717) is 5.92 Å². The molecule has 0 bridgehead atoms. The third-order valence-electron chi connectivity index (χ3n) is 4.58. The van der Waals surface area contributed by atoms with Crippen LogP contribution in [0.1, 0.15) is 19.8 Å². The van der Waals surface area contributed by atoms with Gasteiger partial charge in [-0.05, 0) is 30.2 Å². The molecular weight excluding hydrogens is 298 g/mol. The number of fused-ring (bicyclic) bond motifs is 1. The Morgan fingerprint density at radius 3 is 2.67 bits per heavy atom. The predicted octanol–water partition coefficient (Wildman–Crippen LogP) is 3.92. The van der Waals surface area contributed by atoms with Gasteiger partial charge in [0.2, 0.25) is 0 Å².